The van der Waals surface area contributed by atoms with Crippen molar-refractivity contribution in [1.82, 2.24) is 5.32 Å². The Kier molecular flexibility index (Phi) is 6.89. The smallest absolute Gasteiger partial charge is 0.326 e. The third kappa shape index (κ3) is 5.48. The van der Waals surface area contributed by atoms with Crippen molar-refractivity contribution in [1.29, 1.82) is 0 Å². The number of carbonyl (C=O) groups is 2. The van der Waals surface area contributed by atoms with Gasteiger partial charge in [-0.1, -0.05) is 31.4 Å². The summed E-state index contributed by atoms with van der Waals surface area (Å²) >= 11 is 5.49. The van der Waals surface area contributed by atoms with Crippen molar-refractivity contribution in [3.63, 3.8) is 0 Å². The van der Waals surface area contributed by atoms with Gasteiger partial charge in [0.2, 0.25) is 5.91 Å². The SMILES string of the molecule is CCCC[C@H](NC(=O)Cc1cc(F)c(Cl)cc1[N+](=O)[O-])C(=O)O. The number of hydrogen-bond donors (Lipinski definition) is 2. The van der Waals surface area contributed by atoms with E-state index in [1.54, 1.807) is 0 Å². The predicted molar refractivity (Wildman–Crippen MR) is 80.9 cm³/mol. The highest BCUT2D eigenvalue weighted by Gasteiger charge is 2.23. The Labute approximate surface area is 136 Å². The Hall–Kier alpha value is -2.22. The molecule has 1 rings (SSSR count). The summed E-state index contributed by atoms with van der Waals surface area (Å²) < 4.78 is 13.4. The number of carboxylic acids is 1. The summed E-state index contributed by atoms with van der Waals surface area (Å²) in [6.45, 7) is 1.88. The fourth-order valence-corrected chi connectivity index (χ4v) is 2.13. The Morgan fingerprint density at radius 3 is 2.65 bits per heavy atom. The molecule has 7 nitrogen and oxygen atoms in total. The highest BCUT2D eigenvalue weighted by atomic mass is 35.5. The monoisotopic (exact) mass is 346 g/mol. The van der Waals surface area contributed by atoms with Gasteiger partial charge in [0.25, 0.3) is 5.69 Å². The number of benzene rings is 1. The quantitative estimate of drug-likeness (QED) is 0.555. The predicted octanol–water partition coefficient (Wildman–Crippen LogP) is 2.69. The second-order valence-electron chi connectivity index (χ2n) is 4.93. The van der Waals surface area contributed by atoms with Gasteiger partial charge in [0.15, 0.2) is 0 Å². The number of nitro groups is 1. The maximum atomic E-state index is 13.4. The van der Waals surface area contributed by atoms with Crippen LogP contribution in [0.25, 0.3) is 0 Å². The summed E-state index contributed by atoms with van der Waals surface area (Å²) in [5.41, 5.74) is -0.666. The van der Waals surface area contributed by atoms with Gasteiger partial charge in [-0.05, 0) is 12.5 Å². The van der Waals surface area contributed by atoms with Crippen LogP contribution in [0.15, 0.2) is 12.1 Å². The Balaban J connectivity index is 2.90. The van der Waals surface area contributed by atoms with Gasteiger partial charge in [0.05, 0.1) is 16.4 Å². The van der Waals surface area contributed by atoms with Crippen molar-refractivity contribution in [2.24, 2.45) is 0 Å². The average Bonchev–Trinajstić information content (AvgIpc) is 2.46. The fraction of sp³-hybridized carbons (Fsp3) is 0.429. The van der Waals surface area contributed by atoms with E-state index in [4.69, 9.17) is 16.7 Å². The molecule has 0 radical (unpaired) electrons. The van der Waals surface area contributed by atoms with E-state index in [1.165, 1.54) is 0 Å². The van der Waals surface area contributed by atoms with Crippen LogP contribution < -0.4 is 5.32 Å². The first-order valence-corrected chi connectivity index (χ1v) is 7.28. The van der Waals surface area contributed by atoms with E-state index in [2.05, 4.69) is 5.32 Å². The molecular weight excluding hydrogens is 331 g/mol. The third-order valence-electron chi connectivity index (χ3n) is 3.15. The first kappa shape index (κ1) is 18.8. The number of nitro benzene ring substituents is 1. The molecule has 126 valence electrons. The largest absolute Gasteiger partial charge is 0.480 e. The average molecular weight is 347 g/mol. The molecule has 9 heteroatoms. The van der Waals surface area contributed by atoms with Crippen LogP contribution >= 0.6 is 11.6 Å². The summed E-state index contributed by atoms with van der Waals surface area (Å²) in [6.07, 6.45) is 1.09. The van der Waals surface area contributed by atoms with E-state index in [-0.39, 0.29) is 12.0 Å². The van der Waals surface area contributed by atoms with Crippen LogP contribution in [0, 0.1) is 15.9 Å². The molecule has 0 aliphatic carbocycles. The number of halogens is 2. The maximum absolute atomic E-state index is 13.4. The zero-order chi connectivity index (χ0) is 17.6. The van der Waals surface area contributed by atoms with Gasteiger partial charge in [-0.3, -0.25) is 14.9 Å². The number of nitrogens with one attached hydrogen (secondary N) is 1. The van der Waals surface area contributed by atoms with Gasteiger partial charge >= 0.3 is 5.97 Å². The zero-order valence-corrected chi connectivity index (χ0v) is 13.1. The molecule has 1 amide bonds. The summed E-state index contributed by atoms with van der Waals surface area (Å²) in [7, 11) is 0. The van der Waals surface area contributed by atoms with Gasteiger partial charge in [-0.15, -0.1) is 0 Å². The number of hydrogen-bond acceptors (Lipinski definition) is 4. The van der Waals surface area contributed by atoms with Crippen molar-refractivity contribution in [3.05, 3.63) is 38.7 Å². The lowest BCUT2D eigenvalue weighted by Gasteiger charge is -2.14. The summed E-state index contributed by atoms with van der Waals surface area (Å²) in [6, 6.07) is 0.547. The maximum Gasteiger partial charge on any atom is 0.326 e. The zero-order valence-electron chi connectivity index (χ0n) is 12.3. The van der Waals surface area contributed by atoms with Crippen LogP contribution in [0.3, 0.4) is 0 Å². The van der Waals surface area contributed by atoms with Gasteiger partial charge in [-0.2, -0.15) is 0 Å². The summed E-state index contributed by atoms with van der Waals surface area (Å²) in [4.78, 5) is 33.1. The minimum atomic E-state index is -1.19. The van der Waals surface area contributed by atoms with E-state index in [1.807, 2.05) is 6.92 Å². The van der Waals surface area contributed by atoms with E-state index < -0.39 is 45.8 Å². The molecule has 1 aromatic carbocycles. The second kappa shape index (κ2) is 8.42. The minimum absolute atomic E-state index is 0.172. The second-order valence-corrected chi connectivity index (χ2v) is 5.34. The number of amides is 1. The molecule has 1 atom stereocenters. The number of carbonyl (C=O) groups excluding carboxylic acids is 1. The molecule has 0 aromatic heterocycles. The molecule has 0 aliphatic heterocycles. The number of unbranched alkanes of at least 4 members (excludes halogenated alkanes) is 1. The van der Waals surface area contributed by atoms with E-state index in [0.717, 1.165) is 18.6 Å². The molecule has 0 saturated carbocycles. The number of aliphatic carboxylic acids is 1. The topological polar surface area (TPSA) is 110 Å². The Bertz CT molecular complexity index is 623. The summed E-state index contributed by atoms with van der Waals surface area (Å²) in [5, 5.41) is 21.8. The Morgan fingerprint density at radius 2 is 2.13 bits per heavy atom. The molecule has 0 unspecified atom stereocenters. The van der Waals surface area contributed by atoms with Gasteiger partial charge < -0.3 is 10.4 Å². The molecule has 0 aliphatic rings. The first-order valence-electron chi connectivity index (χ1n) is 6.90. The minimum Gasteiger partial charge on any atom is -0.480 e. The van der Waals surface area contributed by atoms with Crippen molar-refractivity contribution in [2.75, 3.05) is 0 Å². The first-order chi connectivity index (χ1) is 10.8. The van der Waals surface area contributed by atoms with Crippen molar-refractivity contribution >= 4 is 29.2 Å². The van der Waals surface area contributed by atoms with E-state index in [9.17, 15) is 24.1 Å². The van der Waals surface area contributed by atoms with Crippen molar-refractivity contribution in [2.45, 2.75) is 38.6 Å². The molecule has 2 N–H and O–H groups in total. The van der Waals surface area contributed by atoms with Gasteiger partial charge in [0.1, 0.15) is 11.9 Å². The molecule has 1 aromatic rings. The van der Waals surface area contributed by atoms with Crippen LogP contribution in [0.1, 0.15) is 31.7 Å². The molecule has 0 fully saturated rings. The molecule has 0 heterocycles. The number of rotatable bonds is 8. The van der Waals surface area contributed by atoms with Crippen LogP contribution in [0.4, 0.5) is 10.1 Å². The molecular formula is C14H16ClFN2O5. The highest BCUT2D eigenvalue weighted by molar-refractivity contribution is 6.31. The van der Waals surface area contributed by atoms with E-state index in [0.29, 0.717) is 6.42 Å². The van der Waals surface area contributed by atoms with E-state index >= 15 is 0 Å². The number of nitrogens with zero attached hydrogens (tertiary/aromatic N) is 1. The fourth-order valence-electron chi connectivity index (χ4n) is 1.97. The molecule has 23 heavy (non-hydrogen) atoms. The lowest BCUT2D eigenvalue weighted by Crippen LogP contribution is -2.41. The van der Waals surface area contributed by atoms with Gasteiger partial charge in [-0.25, -0.2) is 9.18 Å². The normalized spacial score (nSPS) is 11.8. The van der Waals surface area contributed by atoms with Crippen LogP contribution in [0.2, 0.25) is 5.02 Å². The third-order valence-corrected chi connectivity index (χ3v) is 3.44. The van der Waals surface area contributed by atoms with Gasteiger partial charge in [0, 0.05) is 11.6 Å². The van der Waals surface area contributed by atoms with Crippen LogP contribution in [0.5, 0.6) is 0 Å². The summed E-state index contributed by atoms with van der Waals surface area (Å²) in [5.74, 6) is -2.82. The van der Waals surface area contributed by atoms with Crippen LogP contribution in [-0.2, 0) is 16.0 Å². The van der Waals surface area contributed by atoms with Crippen molar-refractivity contribution < 1.29 is 24.0 Å². The molecule has 0 saturated heterocycles. The highest BCUT2D eigenvalue weighted by Crippen LogP contribution is 2.26. The number of carboxylic acid groups (broad SMARTS) is 1. The molecule has 0 bridgehead atoms. The Morgan fingerprint density at radius 1 is 1.48 bits per heavy atom. The van der Waals surface area contributed by atoms with Crippen LogP contribution in [-0.4, -0.2) is 27.9 Å². The lowest BCUT2D eigenvalue weighted by atomic mass is 10.1. The van der Waals surface area contributed by atoms with Crippen molar-refractivity contribution in [3.8, 4) is 0 Å². The molecule has 0 spiro atoms. The standard InChI is InChI=1S/C14H16ClFN2O5/c1-2-3-4-11(14(20)21)17-13(19)6-8-5-10(16)9(15)7-12(8)18(22)23/h5,7,11H,2-4,6H2,1H3,(H,17,19)(H,20,21)/t11-/m0/s1. The lowest BCUT2D eigenvalue weighted by molar-refractivity contribution is -0.385.